The van der Waals surface area contributed by atoms with Gasteiger partial charge in [0.25, 0.3) is 11.8 Å². The zero-order chi connectivity index (χ0) is 54.8. The maximum Gasteiger partial charge on any atom is 0.494 e. The van der Waals surface area contributed by atoms with E-state index in [-0.39, 0.29) is 41.2 Å². The van der Waals surface area contributed by atoms with Crippen molar-refractivity contribution in [3.05, 3.63) is 134 Å². The minimum atomic E-state index is -0.283. The maximum absolute atomic E-state index is 12.9. The monoisotopic (exact) mass is 1100 g/mol. The summed E-state index contributed by atoms with van der Waals surface area (Å²) < 4.78 is 23.1. The Morgan fingerprint density at radius 1 is 0.600 bits per heavy atom. The Balaban J connectivity index is 0.000000118. The molecule has 2 saturated carbocycles. The quantitative estimate of drug-likeness (QED) is 0.0772. The lowest BCUT2D eigenvalue weighted by atomic mass is 9.78. The number of aromatic amines is 2. The Morgan fingerprint density at radius 3 is 1.55 bits per heavy atom. The van der Waals surface area contributed by atoms with Crippen LogP contribution in [0.2, 0.25) is 5.15 Å². The lowest BCUT2D eigenvalue weighted by Crippen LogP contribution is -2.43. The topological polar surface area (TPSA) is 159 Å². The first-order valence-corrected chi connectivity index (χ1v) is 30.0. The summed E-state index contributed by atoms with van der Waals surface area (Å²) >= 11 is 6.05. The van der Waals surface area contributed by atoms with Crippen LogP contribution in [0.3, 0.4) is 0 Å². The number of pyridine rings is 2. The molecular formula is C64H76BClN8O6. The zero-order valence-corrected chi connectivity index (χ0v) is 47.8. The maximum atomic E-state index is 12.9. The number of nitrogens with zero attached hydrogens (tertiary/aromatic N) is 4. The number of amides is 2. The number of morpholine rings is 2. The molecule has 4 N–H and O–H groups in total. The van der Waals surface area contributed by atoms with Crippen molar-refractivity contribution in [1.29, 1.82) is 0 Å². The van der Waals surface area contributed by atoms with Crippen molar-refractivity contribution in [2.24, 2.45) is 0 Å². The third-order valence-corrected chi connectivity index (χ3v) is 19.1. The van der Waals surface area contributed by atoms with Crippen molar-refractivity contribution in [3.63, 3.8) is 0 Å². The summed E-state index contributed by atoms with van der Waals surface area (Å²) in [5, 5.41) is 6.97. The van der Waals surface area contributed by atoms with Gasteiger partial charge in [0.05, 0.1) is 65.8 Å². The SMILES string of the molecule is CC1(C)OB(c2ccc(CCCN3CCOCC3)cc2)OC1(C)C.O=C1NC2(CC2)Cc2[nH]c3c(c21)CCc1cnc(-c2ccc(CCCN4CCOCC4)cc2)cc1-3.O=C1NC2(CC2)Cc2[nH]c3c(c21)CCc1cnc(Cl)cc1-3. The van der Waals surface area contributed by atoms with Gasteiger partial charge in [-0.3, -0.25) is 24.4 Å². The molecule has 4 aromatic heterocycles. The molecule has 2 amide bonds. The minimum Gasteiger partial charge on any atom is -0.399 e. The van der Waals surface area contributed by atoms with Crippen LogP contribution in [0.25, 0.3) is 33.8 Å². The molecule has 15 rings (SSSR count). The van der Waals surface area contributed by atoms with E-state index in [2.05, 4.69) is 118 Å². The van der Waals surface area contributed by atoms with Crippen LogP contribution in [0.5, 0.6) is 0 Å². The number of carbonyl (C=O) groups excluding carboxylic acids is 2. The van der Waals surface area contributed by atoms with Crippen LogP contribution < -0.4 is 16.1 Å². The highest BCUT2D eigenvalue weighted by Crippen LogP contribution is 2.47. The number of H-pyrrole nitrogens is 2. The van der Waals surface area contributed by atoms with Crippen LogP contribution in [0.4, 0.5) is 0 Å². The number of hydrogen-bond donors (Lipinski definition) is 4. The highest BCUT2D eigenvalue weighted by molar-refractivity contribution is 6.62. The number of nitrogens with one attached hydrogen (secondary N) is 4. The van der Waals surface area contributed by atoms with Gasteiger partial charge in [-0.2, -0.15) is 0 Å². The van der Waals surface area contributed by atoms with Gasteiger partial charge in [0.15, 0.2) is 0 Å². The fraction of sp³-hybridized carbons (Fsp3) is 0.500. The van der Waals surface area contributed by atoms with Crippen LogP contribution in [0, 0.1) is 0 Å². The Hall–Kier alpha value is -5.65. The summed E-state index contributed by atoms with van der Waals surface area (Å²) in [7, 11) is -0.266. The van der Waals surface area contributed by atoms with E-state index in [1.165, 1.54) is 46.2 Å². The van der Waals surface area contributed by atoms with Crippen molar-refractivity contribution in [2.75, 3.05) is 65.7 Å². The van der Waals surface area contributed by atoms with Crippen LogP contribution in [0.1, 0.15) is 132 Å². The average molecular weight is 1100 g/mol. The second-order valence-electron chi connectivity index (χ2n) is 25.0. The molecule has 9 aliphatic rings. The van der Waals surface area contributed by atoms with Gasteiger partial charge >= 0.3 is 7.12 Å². The van der Waals surface area contributed by atoms with E-state index in [9.17, 15) is 9.59 Å². The number of rotatable bonds is 10. The van der Waals surface area contributed by atoms with E-state index < -0.39 is 0 Å². The van der Waals surface area contributed by atoms with E-state index in [4.69, 9.17) is 35.4 Å². The summed E-state index contributed by atoms with van der Waals surface area (Å²) in [4.78, 5) is 46.6. The van der Waals surface area contributed by atoms with Crippen LogP contribution >= 0.6 is 11.6 Å². The zero-order valence-electron chi connectivity index (χ0n) is 47.1. The van der Waals surface area contributed by atoms with Crippen molar-refractivity contribution in [1.82, 2.24) is 40.4 Å². The fourth-order valence-corrected chi connectivity index (χ4v) is 13.2. The smallest absolute Gasteiger partial charge is 0.399 e. The van der Waals surface area contributed by atoms with E-state index in [1.54, 1.807) is 0 Å². The number of hydrogen-bond acceptors (Lipinski definition) is 10. The first-order valence-electron chi connectivity index (χ1n) is 29.6. The molecule has 6 aromatic rings. The highest BCUT2D eigenvalue weighted by atomic mass is 35.5. The Labute approximate surface area is 476 Å². The molecule has 16 heteroatoms. The number of fused-ring (bicyclic) bond motifs is 10. The van der Waals surface area contributed by atoms with Gasteiger partial charge in [-0.05, 0) is 169 Å². The van der Waals surface area contributed by atoms with Crippen molar-refractivity contribution in [3.8, 4) is 33.8 Å². The van der Waals surface area contributed by atoms with E-state index in [1.807, 2.05) is 18.5 Å². The Bertz CT molecular complexity index is 3280. The molecule has 5 aliphatic heterocycles. The predicted molar refractivity (Wildman–Crippen MR) is 313 cm³/mol. The van der Waals surface area contributed by atoms with Gasteiger partial charge in [0.1, 0.15) is 5.15 Å². The predicted octanol–water partition coefficient (Wildman–Crippen LogP) is 8.82. The molecule has 14 nitrogen and oxygen atoms in total. The standard InChI is InChI=1S/C29H32N4O2.C19H30BNO3.C16H14ClN3O/c34-28-26-22-8-7-21-18-30-24(16-23(21)27(22)31-25(26)17-29(32-28)9-10-29)20-5-3-19(4-6-20)2-1-11-33-12-14-35-15-13-33;1-18(2)19(3,4)24-20(23-18)17-9-7-16(8-10-17)6-5-11-21-12-14-22-15-13-21;17-12-5-10-8(7-18-12)1-2-9-13-11(19-14(9)10)6-16(3-4-16)20-15(13)21/h3-6,16,18,31H,1-2,7-15,17H2,(H,32,34);7-10H,5-6,11-15H2,1-4H3;5,7,19H,1-4,6H2,(H,20,21). The van der Waals surface area contributed by atoms with Gasteiger partial charge < -0.3 is 39.4 Å². The van der Waals surface area contributed by atoms with Crippen molar-refractivity contribution < 1.29 is 28.4 Å². The first kappa shape index (κ1) is 53.7. The molecule has 2 aromatic carbocycles. The number of ether oxygens (including phenoxy) is 2. The van der Waals surface area contributed by atoms with E-state index in [0.29, 0.717) is 5.15 Å². The van der Waals surface area contributed by atoms with E-state index >= 15 is 0 Å². The van der Waals surface area contributed by atoms with Crippen LogP contribution in [-0.4, -0.2) is 137 Å². The number of carbonyl (C=O) groups is 2. The molecule has 9 heterocycles. The minimum absolute atomic E-state index is 0.0215. The van der Waals surface area contributed by atoms with Crippen molar-refractivity contribution >= 4 is 36.0 Å². The number of aryl methyl sites for hydroxylation is 4. The molecule has 3 saturated heterocycles. The van der Waals surface area contributed by atoms with Gasteiger partial charge in [-0.1, -0.05) is 60.1 Å². The van der Waals surface area contributed by atoms with Gasteiger partial charge in [-0.15, -0.1) is 0 Å². The largest absolute Gasteiger partial charge is 0.494 e. The van der Waals surface area contributed by atoms with Crippen LogP contribution in [-0.2, 0) is 70.1 Å². The molecule has 0 atom stereocenters. The Morgan fingerprint density at radius 2 is 1.06 bits per heavy atom. The number of aromatic nitrogens is 4. The summed E-state index contributed by atoms with van der Waals surface area (Å²) in [6, 6.07) is 21.7. The van der Waals surface area contributed by atoms with Gasteiger partial charge in [-0.25, -0.2) is 4.98 Å². The van der Waals surface area contributed by atoms with Gasteiger partial charge in [0.2, 0.25) is 0 Å². The van der Waals surface area contributed by atoms with Crippen molar-refractivity contribution in [2.45, 2.75) is 140 Å². The third-order valence-electron chi connectivity index (χ3n) is 18.9. The summed E-state index contributed by atoms with van der Waals surface area (Å²) in [6.07, 6.45) is 18.3. The van der Waals surface area contributed by atoms with Crippen LogP contribution in [0.15, 0.2) is 73.1 Å². The molecular weight excluding hydrogens is 1020 g/mol. The molecule has 418 valence electrons. The molecule has 0 bridgehead atoms. The molecule has 2 spiro atoms. The Kier molecular flexibility index (Phi) is 14.5. The second kappa shape index (κ2) is 21.6. The second-order valence-corrected chi connectivity index (χ2v) is 25.4. The molecule has 0 radical (unpaired) electrons. The lowest BCUT2D eigenvalue weighted by molar-refractivity contribution is 0.00578. The number of halogens is 1. The molecule has 5 fully saturated rings. The number of benzene rings is 2. The first-order chi connectivity index (χ1) is 38.7. The highest BCUT2D eigenvalue weighted by Gasteiger charge is 2.52. The molecule has 80 heavy (non-hydrogen) atoms. The molecule has 0 unspecified atom stereocenters. The van der Waals surface area contributed by atoms with E-state index in [0.717, 1.165) is 204 Å². The average Bonchev–Trinajstić information content (AvgIpc) is 4.40. The fourth-order valence-electron chi connectivity index (χ4n) is 13.1. The lowest BCUT2D eigenvalue weighted by Gasteiger charge is -2.32. The summed E-state index contributed by atoms with van der Waals surface area (Å²) in [5.74, 6) is 0.207. The normalized spacial score (nSPS) is 21.3. The van der Waals surface area contributed by atoms with Gasteiger partial charge in [0, 0.05) is 90.6 Å². The molecule has 4 aliphatic carbocycles. The summed E-state index contributed by atoms with van der Waals surface area (Å²) in [5.41, 5.74) is 18.8. The third kappa shape index (κ3) is 11.0. The summed E-state index contributed by atoms with van der Waals surface area (Å²) in [6.45, 7) is 18.4.